The number of aromatic nitrogens is 1. The summed E-state index contributed by atoms with van der Waals surface area (Å²) >= 11 is 0. The van der Waals surface area contributed by atoms with Gasteiger partial charge in [0.15, 0.2) is 0 Å². The van der Waals surface area contributed by atoms with Gasteiger partial charge in [-0.2, -0.15) is 0 Å². The van der Waals surface area contributed by atoms with Gasteiger partial charge in [-0.05, 0) is 30.2 Å². The van der Waals surface area contributed by atoms with Crippen LogP contribution in [0.25, 0.3) is 10.9 Å². The molecule has 0 saturated carbocycles. The molecule has 6 nitrogen and oxygen atoms in total. The molecular weight excluding hydrogens is 270 g/mol. The van der Waals surface area contributed by atoms with Crippen LogP contribution >= 0.6 is 0 Å². The monoisotopic (exact) mass is 283 g/mol. The van der Waals surface area contributed by atoms with Crippen LogP contribution in [-0.2, 0) is 16.1 Å². The van der Waals surface area contributed by atoms with Gasteiger partial charge in [0.25, 0.3) is 0 Å². The molecule has 0 radical (unpaired) electrons. The third-order valence-electron chi connectivity index (χ3n) is 4.17. The lowest BCUT2D eigenvalue weighted by atomic mass is 10.0. The lowest BCUT2D eigenvalue weighted by Gasteiger charge is -2.31. The third-order valence-corrected chi connectivity index (χ3v) is 4.17. The lowest BCUT2D eigenvalue weighted by molar-refractivity contribution is -0.134. The van der Waals surface area contributed by atoms with Crippen LogP contribution in [0, 0.1) is 0 Å². The number of pyridine rings is 1. The number of hydrogen-bond acceptors (Lipinski definition) is 5. The van der Waals surface area contributed by atoms with Crippen LogP contribution in [0.5, 0.6) is 5.75 Å². The van der Waals surface area contributed by atoms with Crippen LogP contribution in [0.2, 0.25) is 0 Å². The van der Waals surface area contributed by atoms with Crippen LogP contribution in [0.1, 0.15) is 18.4 Å². The second-order valence-corrected chi connectivity index (χ2v) is 5.39. The van der Waals surface area contributed by atoms with E-state index in [-0.39, 0.29) is 23.6 Å². The zero-order valence-electron chi connectivity index (χ0n) is 11.2. The van der Waals surface area contributed by atoms with Gasteiger partial charge in [-0.15, -0.1) is 0 Å². The first kappa shape index (κ1) is 12.1. The number of imide groups is 1. The number of aromatic hydroxyl groups is 1. The number of phenols is 1. The molecule has 2 N–H and O–H groups in total. The minimum atomic E-state index is -0.358. The average Bonchev–Trinajstić information content (AvgIpc) is 2.83. The van der Waals surface area contributed by atoms with E-state index >= 15 is 0 Å². The average molecular weight is 283 g/mol. The predicted octanol–water partition coefficient (Wildman–Crippen LogP) is 1.07. The largest absolute Gasteiger partial charge is 0.506 e. The molecule has 6 heteroatoms. The Morgan fingerprint density at radius 1 is 1.29 bits per heavy atom. The van der Waals surface area contributed by atoms with Crippen LogP contribution < -0.4 is 10.2 Å². The normalized spacial score (nSPS) is 21.0. The number of nitrogens with zero attached hydrogens (tertiary/aromatic N) is 2. The number of phenolic OH excluding ortho intramolecular Hbond substituents is 1. The summed E-state index contributed by atoms with van der Waals surface area (Å²) in [7, 11) is 0. The number of nitrogens with one attached hydrogen (secondary N) is 1. The number of carbonyl (C=O) groups is 2. The zero-order chi connectivity index (χ0) is 14.6. The van der Waals surface area contributed by atoms with Crippen molar-refractivity contribution < 1.29 is 14.7 Å². The topological polar surface area (TPSA) is 82.5 Å². The standard InChI is InChI=1S/C15H13N3O3/c19-11-3-1-9-13-8(5-6-16-14(11)13)7-18(9)10-2-4-12(20)17-15(10)21/h1,3,5-6,10,19H,2,4,7H2,(H,17,20,21). The molecule has 2 amide bonds. The van der Waals surface area contributed by atoms with E-state index in [2.05, 4.69) is 10.3 Å². The van der Waals surface area contributed by atoms with Crippen molar-refractivity contribution in [3.05, 3.63) is 30.0 Å². The molecule has 106 valence electrons. The maximum Gasteiger partial charge on any atom is 0.249 e. The molecule has 1 saturated heterocycles. The van der Waals surface area contributed by atoms with E-state index in [1.165, 1.54) is 0 Å². The molecule has 1 fully saturated rings. The Hall–Kier alpha value is -2.63. The zero-order valence-corrected chi connectivity index (χ0v) is 11.2. The third kappa shape index (κ3) is 1.68. The second-order valence-electron chi connectivity index (χ2n) is 5.39. The second kappa shape index (κ2) is 4.18. The summed E-state index contributed by atoms with van der Waals surface area (Å²) in [6.07, 6.45) is 2.52. The Morgan fingerprint density at radius 3 is 2.95 bits per heavy atom. The fourth-order valence-electron chi connectivity index (χ4n) is 3.20. The SMILES string of the molecule is O=C1CCC(N2Cc3ccnc4c(O)ccc2c34)C(=O)N1. The van der Waals surface area contributed by atoms with Crippen molar-refractivity contribution in [2.45, 2.75) is 25.4 Å². The van der Waals surface area contributed by atoms with Crippen molar-refractivity contribution in [3.63, 3.8) is 0 Å². The van der Waals surface area contributed by atoms with Crippen molar-refractivity contribution in [2.24, 2.45) is 0 Å². The van der Waals surface area contributed by atoms with Gasteiger partial charge in [-0.25, -0.2) is 0 Å². The molecule has 1 atom stereocenters. The molecular formula is C15H13N3O3. The number of amides is 2. The molecule has 2 aliphatic rings. The van der Waals surface area contributed by atoms with Gasteiger partial charge in [-0.3, -0.25) is 19.9 Å². The highest BCUT2D eigenvalue weighted by Crippen LogP contribution is 2.41. The summed E-state index contributed by atoms with van der Waals surface area (Å²) in [6, 6.07) is 4.94. The van der Waals surface area contributed by atoms with E-state index in [0.29, 0.717) is 24.9 Å². The molecule has 0 bridgehead atoms. The smallest absolute Gasteiger partial charge is 0.249 e. The van der Waals surface area contributed by atoms with E-state index in [0.717, 1.165) is 16.6 Å². The number of hydrogen-bond donors (Lipinski definition) is 2. The van der Waals surface area contributed by atoms with Gasteiger partial charge in [-0.1, -0.05) is 0 Å². The summed E-state index contributed by atoms with van der Waals surface area (Å²) in [5.41, 5.74) is 2.48. The van der Waals surface area contributed by atoms with E-state index in [1.54, 1.807) is 18.3 Å². The number of anilines is 1. The number of benzene rings is 1. The molecule has 1 unspecified atom stereocenters. The summed E-state index contributed by atoms with van der Waals surface area (Å²) in [4.78, 5) is 29.6. The first-order valence-corrected chi connectivity index (χ1v) is 6.85. The van der Waals surface area contributed by atoms with Crippen LogP contribution in [0.3, 0.4) is 0 Å². The van der Waals surface area contributed by atoms with Crippen molar-refractivity contribution in [3.8, 4) is 5.75 Å². The van der Waals surface area contributed by atoms with E-state index < -0.39 is 0 Å². The fourth-order valence-corrected chi connectivity index (χ4v) is 3.20. The first-order chi connectivity index (χ1) is 10.1. The highest BCUT2D eigenvalue weighted by molar-refractivity contribution is 6.05. The molecule has 2 aromatic rings. The molecule has 3 heterocycles. The Bertz CT molecular complexity index is 787. The Morgan fingerprint density at radius 2 is 2.14 bits per heavy atom. The summed E-state index contributed by atoms with van der Waals surface area (Å²) in [5, 5.41) is 13.2. The summed E-state index contributed by atoms with van der Waals surface area (Å²) < 4.78 is 0. The Labute approximate surface area is 120 Å². The van der Waals surface area contributed by atoms with Crippen molar-refractivity contribution >= 4 is 28.4 Å². The lowest BCUT2D eigenvalue weighted by Crippen LogP contribution is -2.51. The molecule has 0 aliphatic carbocycles. The van der Waals surface area contributed by atoms with Gasteiger partial charge in [0.05, 0.1) is 0 Å². The van der Waals surface area contributed by atoms with Gasteiger partial charge in [0.2, 0.25) is 11.8 Å². The quantitative estimate of drug-likeness (QED) is 0.765. The minimum Gasteiger partial charge on any atom is -0.506 e. The molecule has 4 rings (SSSR count). The predicted molar refractivity (Wildman–Crippen MR) is 75.8 cm³/mol. The fraction of sp³-hybridized carbons (Fsp3) is 0.267. The maximum atomic E-state index is 12.1. The molecule has 21 heavy (non-hydrogen) atoms. The van der Waals surface area contributed by atoms with Crippen LogP contribution in [0.15, 0.2) is 24.4 Å². The van der Waals surface area contributed by atoms with Crippen molar-refractivity contribution in [1.82, 2.24) is 10.3 Å². The molecule has 1 aromatic heterocycles. The number of piperidine rings is 1. The first-order valence-electron chi connectivity index (χ1n) is 6.85. The van der Waals surface area contributed by atoms with Gasteiger partial charge >= 0.3 is 0 Å². The number of rotatable bonds is 1. The van der Waals surface area contributed by atoms with Crippen molar-refractivity contribution in [2.75, 3.05) is 4.90 Å². The minimum absolute atomic E-state index is 0.140. The summed E-state index contributed by atoms with van der Waals surface area (Å²) in [5.74, 6) is -0.334. The van der Waals surface area contributed by atoms with E-state index in [1.807, 2.05) is 11.0 Å². The van der Waals surface area contributed by atoms with E-state index in [4.69, 9.17) is 0 Å². The molecule has 2 aliphatic heterocycles. The van der Waals surface area contributed by atoms with Gasteiger partial charge in [0.1, 0.15) is 17.3 Å². The Balaban J connectivity index is 1.81. The van der Waals surface area contributed by atoms with E-state index in [9.17, 15) is 14.7 Å². The number of carbonyl (C=O) groups excluding carboxylic acids is 2. The highest BCUT2D eigenvalue weighted by Gasteiger charge is 2.36. The van der Waals surface area contributed by atoms with Gasteiger partial charge in [0, 0.05) is 30.2 Å². The van der Waals surface area contributed by atoms with Crippen LogP contribution in [0.4, 0.5) is 5.69 Å². The van der Waals surface area contributed by atoms with Gasteiger partial charge < -0.3 is 10.0 Å². The van der Waals surface area contributed by atoms with Crippen molar-refractivity contribution in [1.29, 1.82) is 0 Å². The molecule has 0 spiro atoms. The maximum absolute atomic E-state index is 12.1. The van der Waals surface area contributed by atoms with Crippen LogP contribution in [-0.4, -0.2) is 27.9 Å². The highest BCUT2D eigenvalue weighted by atomic mass is 16.3. The summed E-state index contributed by atoms with van der Waals surface area (Å²) in [6.45, 7) is 0.587. The molecule has 1 aromatic carbocycles. The Kier molecular flexibility index (Phi) is 2.42.